The van der Waals surface area contributed by atoms with E-state index in [0.717, 1.165) is 0 Å². The summed E-state index contributed by atoms with van der Waals surface area (Å²) in [7, 11) is 0.953. The molecule has 0 radical (unpaired) electrons. The van der Waals surface area contributed by atoms with Gasteiger partial charge in [0.15, 0.2) is 0 Å². The Morgan fingerprint density at radius 1 is 1.08 bits per heavy atom. The molecule has 0 fully saturated rings. The predicted octanol–water partition coefficient (Wildman–Crippen LogP) is 0.560. The van der Waals surface area contributed by atoms with Gasteiger partial charge >= 0.3 is 9.05 Å². The van der Waals surface area contributed by atoms with E-state index in [0.29, 0.717) is 0 Å². The fourth-order valence-electron chi connectivity index (χ4n) is 0.616. The number of carbonyl (C=O) groups excluding carboxylic acids is 1. The van der Waals surface area contributed by atoms with Gasteiger partial charge in [0.25, 0.3) is 5.97 Å². The number of hydrogen-bond donors (Lipinski definition) is 0. The average molecular weight is 208 g/mol. The molecule has 78 valence electrons. The van der Waals surface area contributed by atoms with Gasteiger partial charge in [-0.2, -0.15) is 0 Å². The topological polar surface area (TPSA) is 54.0 Å². The van der Waals surface area contributed by atoms with Gasteiger partial charge in [-0.05, 0) is 0 Å². The van der Waals surface area contributed by atoms with E-state index in [2.05, 4.69) is 0 Å². The van der Waals surface area contributed by atoms with E-state index in [1.807, 2.05) is 0 Å². The second-order valence-electron chi connectivity index (χ2n) is 2.69. The Morgan fingerprint density at radius 3 is 1.69 bits per heavy atom. The fraction of sp³-hybridized carbons (Fsp3) is 0.857. The third kappa shape index (κ3) is 3.43. The average Bonchev–Trinajstić information content (AvgIpc) is 2.14. The highest BCUT2D eigenvalue weighted by atomic mass is 28.4. The van der Waals surface area contributed by atoms with Crippen LogP contribution in [0.15, 0.2) is 0 Å². The van der Waals surface area contributed by atoms with Crippen LogP contribution in [-0.2, 0) is 22.5 Å². The molecule has 13 heavy (non-hydrogen) atoms. The molecule has 0 aromatic carbocycles. The van der Waals surface area contributed by atoms with Crippen molar-refractivity contribution in [1.82, 2.24) is 0 Å². The number of rotatable bonds is 5. The quantitative estimate of drug-likeness (QED) is 0.618. The Morgan fingerprint density at radius 2 is 1.46 bits per heavy atom. The fourth-order valence-corrected chi connectivity index (χ4v) is 1.85. The summed E-state index contributed by atoms with van der Waals surface area (Å²) in [5.74, 6) is -0.621. The number of hydrogen-bond acceptors (Lipinski definition) is 5. The minimum absolute atomic E-state index is 0.229. The Labute approximate surface area is 79.4 Å². The van der Waals surface area contributed by atoms with Crippen molar-refractivity contribution in [3.05, 3.63) is 0 Å². The van der Waals surface area contributed by atoms with Crippen LogP contribution in [0.3, 0.4) is 0 Å². The highest BCUT2D eigenvalue weighted by Crippen LogP contribution is 2.10. The van der Waals surface area contributed by atoms with E-state index in [-0.39, 0.29) is 5.92 Å². The molecule has 0 aliphatic carbocycles. The van der Waals surface area contributed by atoms with Gasteiger partial charge in [0.2, 0.25) is 0 Å². The normalized spacial score (nSPS) is 11.8. The summed E-state index contributed by atoms with van der Waals surface area (Å²) in [4.78, 5) is 11.2. The summed E-state index contributed by atoms with van der Waals surface area (Å²) >= 11 is 0. The standard InChI is InChI=1S/C7H16O5Si/c1-6(2)7(8)12-13(9-3,10-4)11-5/h6H,1-5H3. The summed E-state index contributed by atoms with van der Waals surface area (Å²) in [6.45, 7) is 3.45. The summed E-state index contributed by atoms with van der Waals surface area (Å²) in [5.41, 5.74) is 0. The maximum atomic E-state index is 11.2. The second kappa shape index (κ2) is 5.33. The van der Waals surface area contributed by atoms with Crippen molar-refractivity contribution >= 4 is 15.0 Å². The van der Waals surface area contributed by atoms with Crippen LogP contribution >= 0.6 is 0 Å². The Hall–Kier alpha value is -0.433. The first kappa shape index (κ1) is 12.6. The zero-order valence-electron chi connectivity index (χ0n) is 8.62. The molecule has 0 spiro atoms. The Kier molecular flexibility index (Phi) is 5.15. The highest BCUT2D eigenvalue weighted by Gasteiger charge is 2.47. The minimum atomic E-state index is -3.19. The van der Waals surface area contributed by atoms with Crippen molar-refractivity contribution in [2.45, 2.75) is 13.8 Å². The van der Waals surface area contributed by atoms with Crippen LogP contribution in [0.25, 0.3) is 0 Å². The van der Waals surface area contributed by atoms with Crippen LogP contribution in [0.2, 0.25) is 0 Å². The smallest absolute Gasteiger partial charge is 0.452 e. The minimum Gasteiger partial charge on any atom is -0.452 e. The summed E-state index contributed by atoms with van der Waals surface area (Å²) < 4.78 is 19.7. The maximum absolute atomic E-state index is 11.2. The van der Waals surface area contributed by atoms with Crippen LogP contribution in [0.4, 0.5) is 0 Å². The van der Waals surface area contributed by atoms with Crippen molar-refractivity contribution in [3.8, 4) is 0 Å². The van der Waals surface area contributed by atoms with Gasteiger partial charge in [-0.3, -0.25) is 4.79 Å². The Balaban J connectivity index is 4.33. The lowest BCUT2D eigenvalue weighted by Gasteiger charge is -2.22. The highest BCUT2D eigenvalue weighted by molar-refractivity contribution is 6.55. The first-order chi connectivity index (χ1) is 6.01. The monoisotopic (exact) mass is 208 g/mol. The zero-order valence-corrected chi connectivity index (χ0v) is 9.62. The summed E-state index contributed by atoms with van der Waals surface area (Å²) in [6.07, 6.45) is 0. The third-order valence-electron chi connectivity index (χ3n) is 1.45. The van der Waals surface area contributed by atoms with Crippen molar-refractivity contribution in [3.63, 3.8) is 0 Å². The van der Waals surface area contributed by atoms with Gasteiger partial charge in [-0.1, -0.05) is 13.8 Å². The summed E-state index contributed by atoms with van der Waals surface area (Å²) in [5, 5.41) is 0. The van der Waals surface area contributed by atoms with Gasteiger partial charge in [-0.15, -0.1) is 0 Å². The van der Waals surface area contributed by atoms with E-state index < -0.39 is 15.0 Å². The molecular formula is C7H16O5Si. The molecule has 0 unspecified atom stereocenters. The molecule has 0 aromatic rings. The lowest BCUT2D eigenvalue weighted by atomic mass is 10.2. The lowest BCUT2D eigenvalue weighted by Crippen LogP contribution is -2.48. The molecule has 0 rings (SSSR count). The van der Waals surface area contributed by atoms with Crippen molar-refractivity contribution in [1.29, 1.82) is 0 Å². The molecule has 0 saturated carbocycles. The van der Waals surface area contributed by atoms with E-state index in [1.165, 1.54) is 21.3 Å². The first-order valence-electron chi connectivity index (χ1n) is 3.89. The first-order valence-corrected chi connectivity index (χ1v) is 5.53. The Bertz CT molecular complexity index is 158. The van der Waals surface area contributed by atoms with Gasteiger partial charge < -0.3 is 17.7 Å². The lowest BCUT2D eigenvalue weighted by molar-refractivity contribution is -0.146. The van der Waals surface area contributed by atoms with Gasteiger partial charge in [0, 0.05) is 21.3 Å². The molecule has 5 nitrogen and oxygen atoms in total. The van der Waals surface area contributed by atoms with E-state index in [9.17, 15) is 4.79 Å². The molecular weight excluding hydrogens is 192 g/mol. The molecule has 0 aliphatic rings. The summed E-state index contributed by atoms with van der Waals surface area (Å²) in [6, 6.07) is 0. The maximum Gasteiger partial charge on any atom is 0.750 e. The molecule has 0 aliphatic heterocycles. The molecule has 0 N–H and O–H groups in total. The van der Waals surface area contributed by atoms with Crippen molar-refractivity contribution in [2.24, 2.45) is 5.92 Å². The molecule has 0 saturated heterocycles. The van der Waals surface area contributed by atoms with Crippen LogP contribution in [0, 0.1) is 5.92 Å². The van der Waals surface area contributed by atoms with Crippen molar-refractivity contribution in [2.75, 3.05) is 21.3 Å². The van der Waals surface area contributed by atoms with E-state index >= 15 is 0 Å². The molecule has 6 heteroatoms. The van der Waals surface area contributed by atoms with Gasteiger partial charge in [0.1, 0.15) is 0 Å². The van der Waals surface area contributed by atoms with Crippen LogP contribution in [0.5, 0.6) is 0 Å². The van der Waals surface area contributed by atoms with Crippen molar-refractivity contribution < 1.29 is 22.5 Å². The second-order valence-corrected chi connectivity index (χ2v) is 5.12. The molecule has 0 atom stereocenters. The van der Waals surface area contributed by atoms with Crippen LogP contribution in [-0.4, -0.2) is 36.3 Å². The van der Waals surface area contributed by atoms with Crippen LogP contribution in [0.1, 0.15) is 13.8 Å². The van der Waals surface area contributed by atoms with Gasteiger partial charge in [0.05, 0.1) is 5.92 Å². The largest absolute Gasteiger partial charge is 0.750 e. The molecule has 0 heterocycles. The molecule has 0 aromatic heterocycles. The zero-order chi connectivity index (χ0) is 10.5. The van der Waals surface area contributed by atoms with Gasteiger partial charge in [-0.25, -0.2) is 0 Å². The third-order valence-corrected chi connectivity index (χ3v) is 3.40. The molecule has 0 bridgehead atoms. The van der Waals surface area contributed by atoms with E-state index in [4.69, 9.17) is 17.7 Å². The SMILES string of the molecule is CO[Si](OC)(OC)OC(=O)C(C)C. The molecule has 0 amide bonds. The van der Waals surface area contributed by atoms with E-state index in [1.54, 1.807) is 13.8 Å². The number of carbonyl (C=O) groups is 1. The van der Waals surface area contributed by atoms with Crippen LogP contribution < -0.4 is 0 Å². The predicted molar refractivity (Wildman–Crippen MR) is 47.7 cm³/mol.